The Labute approximate surface area is 156 Å². The number of aliphatic carboxylic acids is 1. The maximum Gasteiger partial charge on any atom is 0.213 e. The van der Waals surface area contributed by atoms with Gasteiger partial charge in [0.05, 0.1) is 23.2 Å². The van der Waals surface area contributed by atoms with Gasteiger partial charge >= 0.3 is 0 Å². The van der Waals surface area contributed by atoms with Crippen molar-refractivity contribution >= 4 is 28.6 Å². The first-order valence-electron chi connectivity index (χ1n) is 8.71. The highest BCUT2D eigenvalue weighted by atomic mass is 35.5. The van der Waals surface area contributed by atoms with Gasteiger partial charge in [-0.15, -0.1) is 0 Å². The number of carboxylic acid groups (broad SMARTS) is 1. The molecule has 0 amide bonds. The van der Waals surface area contributed by atoms with Crippen molar-refractivity contribution < 1.29 is 14.6 Å². The number of hydrogen-bond acceptors (Lipinski definition) is 5. The zero-order valence-corrected chi connectivity index (χ0v) is 15.2. The van der Waals surface area contributed by atoms with Crippen molar-refractivity contribution in [1.29, 1.82) is 0 Å². The Morgan fingerprint density at radius 1 is 1.23 bits per heavy atom. The molecule has 2 heterocycles. The third kappa shape index (κ3) is 2.69. The minimum Gasteiger partial charge on any atom is -0.550 e. The average Bonchev–Trinajstić information content (AvgIpc) is 2.68. The number of carbonyl (C=O) groups excluding carboxylic acids is 1. The number of fused-ring (bicyclic) bond motifs is 4. The Kier molecular flexibility index (Phi) is 4.04. The summed E-state index contributed by atoms with van der Waals surface area (Å²) >= 11 is 6.35. The number of aromatic nitrogens is 2. The van der Waals surface area contributed by atoms with Crippen molar-refractivity contribution in [2.24, 2.45) is 10.8 Å². The van der Waals surface area contributed by atoms with Gasteiger partial charge in [-0.25, -0.2) is 4.98 Å². The Hall–Kier alpha value is -2.32. The number of nitrogens with zero attached hydrogens (tertiary/aromatic N) is 2. The molecule has 0 unspecified atom stereocenters. The van der Waals surface area contributed by atoms with E-state index in [0.29, 0.717) is 46.8 Å². The van der Waals surface area contributed by atoms with Gasteiger partial charge in [-0.05, 0) is 44.6 Å². The number of carboxylic acids is 1. The van der Waals surface area contributed by atoms with Crippen molar-refractivity contribution in [3.8, 4) is 17.7 Å². The highest BCUT2D eigenvalue weighted by molar-refractivity contribution is 6.32. The lowest BCUT2D eigenvalue weighted by atomic mass is 9.54. The molecule has 26 heavy (non-hydrogen) atoms. The minimum absolute atomic E-state index is 0.144. The summed E-state index contributed by atoms with van der Waals surface area (Å²) in [5, 5.41) is 11.9. The highest BCUT2D eigenvalue weighted by Gasteiger charge is 2.48. The topological polar surface area (TPSA) is 75.1 Å². The van der Waals surface area contributed by atoms with Crippen LogP contribution in [0.2, 0.25) is 5.02 Å². The van der Waals surface area contributed by atoms with Crippen LogP contribution in [0.25, 0.3) is 11.0 Å². The first-order chi connectivity index (χ1) is 12.5. The van der Waals surface area contributed by atoms with Crippen LogP contribution >= 0.6 is 11.6 Å². The molecule has 6 heteroatoms. The highest BCUT2D eigenvalue weighted by Crippen LogP contribution is 2.56. The fourth-order valence-electron chi connectivity index (χ4n) is 4.13. The van der Waals surface area contributed by atoms with Crippen LogP contribution in [-0.2, 0) is 4.79 Å². The summed E-state index contributed by atoms with van der Waals surface area (Å²) < 4.78 is 5.20. The summed E-state index contributed by atoms with van der Waals surface area (Å²) in [6.45, 7) is 0. The molecule has 0 aliphatic heterocycles. The zero-order chi connectivity index (χ0) is 18.4. The molecular formula is C20H18ClN2O3-. The SMILES string of the molecule is COc1ccc2ncc(Cl)c(C#CC34CCC(C(=O)[O-])(CC3)CC4)c2n1. The number of rotatable bonds is 2. The largest absolute Gasteiger partial charge is 0.550 e. The van der Waals surface area contributed by atoms with Crippen molar-refractivity contribution in [1.82, 2.24) is 9.97 Å². The van der Waals surface area contributed by atoms with Gasteiger partial charge < -0.3 is 14.6 Å². The van der Waals surface area contributed by atoms with Crippen LogP contribution in [0.1, 0.15) is 44.1 Å². The van der Waals surface area contributed by atoms with E-state index in [0.717, 1.165) is 19.3 Å². The number of carbonyl (C=O) groups is 1. The van der Waals surface area contributed by atoms with E-state index in [1.165, 1.54) is 0 Å². The normalized spacial score (nSPS) is 27.0. The molecule has 134 valence electrons. The van der Waals surface area contributed by atoms with Gasteiger partial charge in [0.15, 0.2) is 0 Å². The molecule has 0 atom stereocenters. The number of methoxy groups -OCH3 is 1. The number of pyridine rings is 2. The number of halogens is 1. The van der Waals surface area contributed by atoms with Crippen LogP contribution in [0.3, 0.4) is 0 Å². The predicted octanol–water partition coefficient (Wildman–Crippen LogP) is 2.73. The Morgan fingerprint density at radius 2 is 1.92 bits per heavy atom. The Morgan fingerprint density at radius 3 is 2.54 bits per heavy atom. The van der Waals surface area contributed by atoms with Crippen LogP contribution < -0.4 is 9.84 Å². The third-order valence-corrected chi connectivity index (χ3v) is 6.27. The van der Waals surface area contributed by atoms with E-state index in [9.17, 15) is 9.90 Å². The average molecular weight is 370 g/mol. The lowest BCUT2D eigenvalue weighted by molar-refractivity contribution is -0.324. The molecule has 5 rings (SSSR count). The zero-order valence-electron chi connectivity index (χ0n) is 14.5. The number of ether oxygens (including phenoxy) is 1. The molecule has 0 N–H and O–H groups in total. The lowest BCUT2D eigenvalue weighted by Gasteiger charge is -2.51. The number of hydrogen-bond donors (Lipinski definition) is 0. The fraction of sp³-hybridized carbons (Fsp3) is 0.450. The maximum atomic E-state index is 11.5. The maximum absolute atomic E-state index is 11.5. The molecular weight excluding hydrogens is 352 g/mol. The Balaban J connectivity index is 1.71. The second kappa shape index (κ2) is 6.14. The van der Waals surface area contributed by atoms with Crippen LogP contribution in [0.15, 0.2) is 18.3 Å². The van der Waals surface area contributed by atoms with E-state index in [1.807, 2.05) is 6.07 Å². The van der Waals surface area contributed by atoms with E-state index in [-0.39, 0.29) is 5.41 Å². The molecule has 0 aromatic carbocycles. The molecule has 2 bridgehead atoms. The standard InChI is InChI=1S/C20H19ClN2O3/c1-26-16-3-2-15-17(23-16)13(14(21)12-22-15)4-5-19-6-9-20(10-7-19,11-8-19)18(24)25/h2-3,12H,6-11H2,1H3,(H,24,25)/p-1. The molecule has 2 aromatic heterocycles. The van der Waals surface area contributed by atoms with E-state index < -0.39 is 11.4 Å². The second-order valence-corrected chi connectivity index (χ2v) is 7.71. The van der Waals surface area contributed by atoms with E-state index in [1.54, 1.807) is 19.4 Å². The van der Waals surface area contributed by atoms with Gasteiger partial charge in [0, 0.05) is 29.1 Å². The summed E-state index contributed by atoms with van der Waals surface area (Å²) in [6.07, 6.45) is 5.85. The molecule has 5 nitrogen and oxygen atoms in total. The van der Waals surface area contributed by atoms with Gasteiger partial charge in [0.1, 0.15) is 5.52 Å². The van der Waals surface area contributed by atoms with Gasteiger partial charge in [0.25, 0.3) is 0 Å². The van der Waals surface area contributed by atoms with Crippen LogP contribution in [0.4, 0.5) is 0 Å². The van der Waals surface area contributed by atoms with Crippen LogP contribution in [-0.4, -0.2) is 23.0 Å². The summed E-state index contributed by atoms with van der Waals surface area (Å²) in [4.78, 5) is 20.2. The third-order valence-electron chi connectivity index (χ3n) is 5.98. The smallest absolute Gasteiger partial charge is 0.213 e. The molecule has 3 aliphatic rings. The monoisotopic (exact) mass is 369 g/mol. The predicted molar refractivity (Wildman–Crippen MR) is 95.6 cm³/mol. The van der Waals surface area contributed by atoms with Gasteiger partial charge in [-0.1, -0.05) is 23.4 Å². The molecule has 0 spiro atoms. The molecule has 0 radical (unpaired) electrons. The summed E-state index contributed by atoms with van der Waals surface area (Å²) in [5.74, 6) is 6.22. The quantitative estimate of drug-likeness (QED) is 0.761. The molecule has 3 fully saturated rings. The summed E-state index contributed by atoms with van der Waals surface area (Å²) in [7, 11) is 1.56. The van der Waals surface area contributed by atoms with Crippen LogP contribution in [0, 0.1) is 22.7 Å². The van der Waals surface area contributed by atoms with Crippen molar-refractivity contribution in [3.05, 3.63) is 28.9 Å². The Bertz CT molecular complexity index is 936. The summed E-state index contributed by atoms with van der Waals surface area (Å²) in [5.41, 5.74) is 1.19. The lowest BCUT2D eigenvalue weighted by Crippen LogP contribution is -2.50. The van der Waals surface area contributed by atoms with E-state index >= 15 is 0 Å². The minimum atomic E-state index is -0.904. The van der Waals surface area contributed by atoms with Gasteiger partial charge in [0.2, 0.25) is 5.88 Å². The summed E-state index contributed by atoms with van der Waals surface area (Å²) in [6, 6.07) is 3.58. The van der Waals surface area contributed by atoms with E-state index in [2.05, 4.69) is 21.8 Å². The van der Waals surface area contributed by atoms with Crippen molar-refractivity contribution in [3.63, 3.8) is 0 Å². The molecule has 2 aromatic rings. The second-order valence-electron chi connectivity index (χ2n) is 7.30. The first-order valence-corrected chi connectivity index (χ1v) is 9.09. The van der Waals surface area contributed by atoms with Crippen molar-refractivity contribution in [2.75, 3.05) is 7.11 Å². The van der Waals surface area contributed by atoms with Gasteiger partial charge in [-0.2, -0.15) is 0 Å². The van der Waals surface area contributed by atoms with E-state index in [4.69, 9.17) is 16.3 Å². The molecule has 0 saturated heterocycles. The van der Waals surface area contributed by atoms with Crippen LogP contribution in [0.5, 0.6) is 5.88 Å². The molecule has 3 aliphatic carbocycles. The first kappa shape index (κ1) is 17.1. The van der Waals surface area contributed by atoms with Crippen molar-refractivity contribution in [2.45, 2.75) is 38.5 Å². The van der Waals surface area contributed by atoms with Gasteiger partial charge in [-0.3, -0.25) is 4.98 Å². The molecule has 3 saturated carbocycles. The fourth-order valence-corrected chi connectivity index (χ4v) is 4.32.